The second-order valence-corrected chi connectivity index (χ2v) is 15.9. The maximum Gasteiger partial charge on any atom is 0.337 e. The highest BCUT2D eigenvalue weighted by molar-refractivity contribution is 5.95. The molecule has 3 fully saturated rings. The molecule has 0 aromatic heterocycles. The summed E-state index contributed by atoms with van der Waals surface area (Å²) in [6, 6.07) is 0. The number of fused-ring (bicyclic) bond motifs is 6. The highest BCUT2D eigenvalue weighted by Crippen LogP contribution is 2.74. The summed E-state index contributed by atoms with van der Waals surface area (Å²) in [5.74, 6) is -1.94. The quantitative estimate of drug-likeness (QED) is 0.335. The van der Waals surface area contributed by atoms with Crippen LogP contribution in [0.3, 0.4) is 0 Å². The van der Waals surface area contributed by atoms with Crippen LogP contribution in [0.2, 0.25) is 0 Å². The van der Waals surface area contributed by atoms with Gasteiger partial charge in [-0.25, -0.2) is 4.79 Å². The zero-order chi connectivity index (χ0) is 31.0. The molecular weight excluding hydrogens is 532 g/mol. The summed E-state index contributed by atoms with van der Waals surface area (Å²) in [6.07, 6.45) is 6.36. The van der Waals surface area contributed by atoms with E-state index in [0.717, 1.165) is 25.7 Å². The van der Waals surface area contributed by atoms with Gasteiger partial charge in [-0.3, -0.25) is 4.79 Å². The Kier molecular flexibility index (Phi) is 8.05. The van der Waals surface area contributed by atoms with Gasteiger partial charge in [0.25, 0.3) is 0 Å². The number of carbonyl (C=O) groups excluding carboxylic acids is 2. The molecule has 7 heteroatoms. The molecule has 11 atom stereocenters. The molecule has 1 aliphatic heterocycles. The molecule has 11 unspecified atom stereocenters. The lowest BCUT2D eigenvalue weighted by Crippen LogP contribution is -2.67. The molecule has 0 bridgehead atoms. The van der Waals surface area contributed by atoms with Gasteiger partial charge in [0.05, 0.1) is 24.2 Å². The zero-order valence-electron chi connectivity index (χ0n) is 27.5. The number of hydrogen-bond donors (Lipinski definition) is 2. The van der Waals surface area contributed by atoms with Gasteiger partial charge in [-0.05, 0) is 85.4 Å². The SMILES string of the molecule is CCOC1CC2C3(C)CCC4C(C)(CC)CCCC4(C)C3CC(OC(=O)CC(O)C(C)C)C2(C)C2=C1C(C)(O)OC2=O. The van der Waals surface area contributed by atoms with Crippen LogP contribution in [0.1, 0.15) is 120 Å². The Hall–Kier alpha value is -1.44. The highest BCUT2D eigenvalue weighted by atomic mass is 16.7. The molecule has 5 rings (SSSR count). The highest BCUT2D eigenvalue weighted by Gasteiger charge is 2.72. The summed E-state index contributed by atoms with van der Waals surface area (Å²) in [5.41, 5.74) is 0.335. The van der Waals surface area contributed by atoms with Gasteiger partial charge in [-0.1, -0.05) is 61.3 Å². The van der Waals surface area contributed by atoms with Crippen LogP contribution >= 0.6 is 0 Å². The molecule has 238 valence electrons. The minimum absolute atomic E-state index is 0.0130. The molecule has 7 nitrogen and oxygen atoms in total. The summed E-state index contributed by atoms with van der Waals surface area (Å²) in [6.45, 7) is 19.5. The molecule has 42 heavy (non-hydrogen) atoms. The average Bonchev–Trinajstić information content (AvgIpc) is 3.15. The first-order chi connectivity index (χ1) is 19.5. The zero-order valence-corrected chi connectivity index (χ0v) is 27.5. The van der Waals surface area contributed by atoms with E-state index in [1.54, 1.807) is 0 Å². The Morgan fingerprint density at radius 2 is 1.67 bits per heavy atom. The summed E-state index contributed by atoms with van der Waals surface area (Å²) in [5, 5.41) is 21.9. The fraction of sp³-hybridized carbons (Fsp3) is 0.886. The van der Waals surface area contributed by atoms with Gasteiger partial charge >= 0.3 is 11.9 Å². The van der Waals surface area contributed by atoms with Crippen LogP contribution in [0.15, 0.2) is 11.1 Å². The Morgan fingerprint density at radius 3 is 2.29 bits per heavy atom. The van der Waals surface area contributed by atoms with Crippen LogP contribution in [-0.4, -0.2) is 52.9 Å². The average molecular weight is 589 g/mol. The first kappa shape index (κ1) is 32.0. The summed E-state index contributed by atoms with van der Waals surface area (Å²) >= 11 is 0. The summed E-state index contributed by atoms with van der Waals surface area (Å²) in [4.78, 5) is 27.2. The van der Waals surface area contributed by atoms with Crippen molar-refractivity contribution in [2.45, 2.75) is 144 Å². The summed E-state index contributed by atoms with van der Waals surface area (Å²) < 4.78 is 18.4. The van der Waals surface area contributed by atoms with Crippen molar-refractivity contribution in [2.24, 2.45) is 45.3 Å². The van der Waals surface area contributed by atoms with E-state index in [0.29, 0.717) is 42.4 Å². The van der Waals surface area contributed by atoms with Crippen LogP contribution in [-0.2, 0) is 23.8 Å². The third-order valence-corrected chi connectivity index (χ3v) is 13.5. The van der Waals surface area contributed by atoms with E-state index in [4.69, 9.17) is 14.2 Å². The van der Waals surface area contributed by atoms with Gasteiger partial charge in [0.2, 0.25) is 5.79 Å². The van der Waals surface area contributed by atoms with E-state index in [1.165, 1.54) is 19.8 Å². The molecule has 0 aromatic carbocycles. The molecule has 4 aliphatic carbocycles. The fourth-order valence-corrected chi connectivity index (χ4v) is 11.2. The normalized spacial score (nSPS) is 47.2. The van der Waals surface area contributed by atoms with Crippen LogP contribution in [0.25, 0.3) is 0 Å². The van der Waals surface area contributed by atoms with Crippen molar-refractivity contribution in [1.29, 1.82) is 0 Å². The first-order valence-corrected chi connectivity index (χ1v) is 16.7. The van der Waals surface area contributed by atoms with Gasteiger partial charge in [0, 0.05) is 24.5 Å². The van der Waals surface area contributed by atoms with Gasteiger partial charge in [-0.2, -0.15) is 0 Å². The lowest BCUT2D eigenvalue weighted by Gasteiger charge is -2.70. The number of cyclic esters (lactones) is 1. The smallest absolute Gasteiger partial charge is 0.337 e. The van der Waals surface area contributed by atoms with Crippen molar-refractivity contribution < 1.29 is 34.0 Å². The largest absolute Gasteiger partial charge is 0.461 e. The molecule has 0 spiro atoms. The van der Waals surface area contributed by atoms with E-state index in [1.807, 2.05) is 20.8 Å². The Balaban J connectivity index is 1.66. The van der Waals surface area contributed by atoms with E-state index in [9.17, 15) is 19.8 Å². The number of hydrogen-bond acceptors (Lipinski definition) is 7. The molecule has 0 amide bonds. The van der Waals surface area contributed by atoms with Gasteiger partial charge in [0.15, 0.2) is 0 Å². The second-order valence-electron chi connectivity index (χ2n) is 15.9. The topological polar surface area (TPSA) is 102 Å². The Morgan fingerprint density at radius 1 is 1.00 bits per heavy atom. The van der Waals surface area contributed by atoms with Crippen molar-refractivity contribution in [3.8, 4) is 0 Å². The number of aliphatic hydroxyl groups excluding tert-OH is 1. The van der Waals surface area contributed by atoms with Crippen molar-refractivity contribution in [2.75, 3.05) is 6.61 Å². The van der Waals surface area contributed by atoms with Crippen molar-refractivity contribution >= 4 is 11.9 Å². The number of esters is 2. The number of ether oxygens (including phenoxy) is 3. The number of aliphatic hydroxyl groups is 2. The maximum atomic E-state index is 13.7. The van der Waals surface area contributed by atoms with Crippen LogP contribution in [0.4, 0.5) is 0 Å². The molecule has 0 saturated heterocycles. The maximum absolute atomic E-state index is 13.7. The van der Waals surface area contributed by atoms with Crippen LogP contribution < -0.4 is 0 Å². The number of rotatable bonds is 7. The van der Waals surface area contributed by atoms with Gasteiger partial charge < -0.3 is 24.4 Å². The third-order valence-electron chi connectivity index (χ3n) is 13.5. The minimum Gasteiger partial charge on any atom is -0.461 e. The van der Waals surface area contributed by atoms with Crippen molar-refractivity contribution in [3.63, 3.8) is 0 Å². The molecule has 2 N–H and O–H groups in total. The van der Waals surface area contributed by atoms with E-state index < -0.39 is 41.5 Å². The van der Waals surface area contributed by atoms with Crippen LogP contribution in [0, 0.1) is 45.3 Å². The van der Waals surface area contributed by atoms with Gasteiger partial charge in [0.1, 0.15) is 6.10 Å². The van der Waals surface area contributed by atoms with E-state index >= 15 is 0 Å². The molecule has 0 aromatic rings. The predicted molar refractivity (Wildman–Crippen MR) is 160 cm³/mol. The molecular formula is C35H56O7. The van der Waals surface area contributed by atoms with Crippen molar-refractivity contribution in [3.05, 3.63) is 11.1 Å². The Labute approximate surface area is 253 Å². The molecule has 5 aliphatic rings. The molecule has 0 radical (unpaired) electrons. The minimum atomic E-state index is -1.77. The van der Waals surface area contributed by atoms with Crippen molar-refractivity contribution in [1.82, 2.24) is 0 Å². The fourth-order valence-electron chi connectivity index (χ4n) is 11.2. The Bertz CT molecular complexity index is 1130. The van der Waals surface area contributed by atoms with E-state index in [-0.39, 0.29) is 34.5 Å². The lowest BCUT2D eigenvalue weighted by atomic mass is 9.34. The lowest BCUT2D eigenvalue weighted by molar-refractivity contribution is -0.233. The predicted octanol–water partition coefficient (Wildman–Crippen LogP) is 6.34. The van der Waals surface area contributed by atoms with Gasteiger partial charge in [-0.15, -0.1) is 0 Å². The van der Waals surface area contributed by atoms with Crippen LogP contribution in [0.5, 0.6) is 0 Å². The first-order valence-electron chi connectivity index (χ1n) is 16.7. The summed E-state index contributed by atoms with van der Waals surface area (Å²) in [7, 11) is 0. The third kappa shape index (κ3) is 4.53. The molecule has 3 saturated carbocycles. The van der Waals surface area contributed by atoms with E-state index in [2.05, 4.69) is 34.6 Å². The molecule has 1 heterocycles. The standard InChI is InChI=1S/C35H56O7/c1-10-31(5)14-12-15-32(6)23(31)13-16-33(7)24(32)19-26(41-27(37)17-21(36)20(3)4)34(8)25(33)18-22(40-11-2)28-29(34)30(38)42-35(28,9)39/h20-26,36,39H,10-19H2,1-9H3. The monoisotopic (exact) mass is 588 g/mol. The number of carbonyl (C=O) groups is 2. The second kappa shape index (κ2) is 10.6.